The van der Waals surface area contributed by atoms with Gasteiger partial charge in [0.1, 0.15) is 62.8 Å². The van der Waals surface area contributed by atoms with Crippen molar-refractivity contribution in [2.24, 2.45) is 22.9 Å². The Hall–Kier alpha value is -12.8. The van der Waals surface area contributed by atoms with Crippen molar-refractivity contribution in [2.75, 3.05) is 94.8 Å². The topological polar surface area (TPSA) is 406 Å². The lowest BCUT2D eigenvalue weighted by Crippen LogP contribution is -2.36. The summed E-state index contributed by atoms with van der Waals surface area (Å²) in [4.78, 5) is 107. The Balaban J connectivity index is 0.000000141. The van der Waals surface area contributed by atoms with E-state index in [0.29, 0.717) is 115 Å². The van der Waals surface area contributed by atoms with E-state index in [1.165, 1.54) is 56.5 Å². The van der Waals surface area contributed by atoms with E-state index < -0.39 is 23.6 Å². The second-order valence-electron chi connectivity index (χ2n) is 27.3. The van der Waals surface area contributed by atoms with Crippen LogP contribution in [-0.4, -0.2) is 137 Å². The van der Waals surface area contributed by atoms with Crippen molar-refractivity contribution in [1.82, 2.24) is 59.8 Å². The molecule has 13 N–H and O–H groups in total. The van der Waals surface area contributed by atoms with E-state index >= 15 is 0 Å². The van der Waals surface area contributed by atoms with Crippen LogP contribution in [0.4, 0.5) is 66.5 Å². The fourth-order valence-electron chi connectivity index (χ4n) is 12.5. The normalized spacial score (nSPS) is 12.3. The van der Waals surface area contributed by atoms with Gasteiger partial charge in [-0.3, -0.25) is 19.2 Å². The van der Waals surface area contributed by atoms with Crippen LogP contribution >= 0.6 is 45.3 Å². The third kappa shape index (κ3) is 21.4. The Morgan fingerprint density at radius 3 is 1.04 bits per heavy atom. The van der Waals surface area contributed by atoms with E-state index in [0.717, 1.165) is 97.6 Å². The lowest BCUT2D eigenvalue weighted by molar-refractivity contribution is 0.0987. The molecule has 10 heterocycles. The number of ether oxygens (including phenoxy) is 1. The number of nitrogens with two attached hydrogens (primary N) is 4. The molecular formula is C81H86N24O5S4. The van der Waals surface area contributed by atoms with Gasteiger partial charge in [0.25, 0.3) is 23.6 Å². The van der Waals surface area contributed by atoms with Gasteiger partial charge in [-0.05, 0) is 191 Å². The minimum absolute atomic E-state index is 0.207. The summed E-state index contributed by atoms with van der Waals surface area (Å²) in [5, 5.41) is 21.6. The quantitative estimate of drug-likeness (QED) is 0.0304. The minimum atomic E-state index is -0.583. The molecule has 0 unspecified atom stereocenters. The Bertz CT molecular complexity index is 5540. The van der Waals surface area contributed by atoms with Crippen molar-refractivity contribution in [3.05, 3.63) is 225 Å². The van der Waals surface area contributed by atoms with Crippen LogP contribution in [0.5, 0.6) is 0 Å². The second-order valence-corrected chi connectivity index (χ2v) is 31.2. The summed E-state index contributed by atoms with van der Waals surface area (Å²) in [6, 6.07) is 41.7. The van der Waals surface area contributed by atoms with Crippen LogP contribution in [0.1, 0.15) is 105 Å². The van der Waals surface area contributed by atoms with Gasteiger partial charge in [0, 0.05) is 94.4 Å². The molecule has 114 heavy (non-hydrogen) atoms. The fourth-order valence-corrected chi connectivity index (χ4v) is 16.6. The number of nitrogens with zero attached hydrogens (tertiary/aromatic N) is 15. The van der Waals surface area contributed by atoms with Crippen molar-refractivity contribution in [1.29, 1.82) is 0 Å². The van der Waals surface area contributed by atoms with Crippen molar-refractivity contribution in [2.45, 2.75) is 74.8 Å². The first kappa shape index (κ1) is 80.7. The number of aryl methyl sites for hydroxylation is 8. The number of benzene rings is 5. The molecule has 0 spiro atoms. The van der Waals surface area contributed by atoms with Crippen molar-refractivity contribution >= 4 is 136 Å². The molecule has 15 rings (SSSR count). The number of hydrogen-bond acceptors (Lipinski definition) is 29. The molecule has 2 saturated heterocycles. The van der Waals surface area contributed by atoms with Gasteiger partial charge in [-0.1, -0.05) is 99.9 Å². The SMILES string of the molecule is Cc1cc(C)cc(Nc2nccc(-c3nc(C(N)=O)c(N(C)C)s3)n2)c1.Cc1cc(C)cc(Nc2nccc(-c3nc(C(N)=O)c(N4CCCC4)s3)n2)c1.Cc1cc(C)cc(Nc2nccc(-c3nc(C(N)=O)c(N4CCOCC4)s3)n2)c1.Cc1cc(C)cc(Nc2nccc(-c3nc(C(N)=O)c(NCc4ccccc4)s3)n2)c1. The summed E-state index contributed by atoms with van der Waals surface area (Å²) in [6.45, 7) is 21.4. The van der Waals surface area contributed by atoms with Crippen molar-refractivity contribution in [3.8, 4) is 42.8 Å². The number of aromatic nitrogens is 12. The van der Waals surface area contributed by atoms with E-state index in [-0.39, 0.29) is 17.1 Å². The number of morpholine rings is 1. The van der Waals surface area contributed by atoms with Crippen LogP contribution in [0.15, 0.2) is 152 Å². The van der Waals surface area contributed by atoms with Gasteiger partial charge in [-0.15, -0.1) is 0 Å². The van der Waals surface area contributed by atoms with Gasteiger partial charge in [0.15, 0.2) is 22.8 Å². The number of hydrogen-bond donors (Lipinski definition) is 9. The highest BCUT2D eigenvalue weighted by molar-refractivity contribution is 7.20. The van der Waals surface area contributed by atoms with E-state index in [1.807, 2.05) is 139 Å². The smallest absolute Gasteiger partial charge is 0.270 e. The molecule has 2 fully saturated rings. The van der Waals surface area contributed by atoms with Crippen molar-refractivity contribution < 1.29 is 23.9 Å². The molecule has 2 aliphatic heterocycles. The maximum atomic E-state index is 11.9. The van der Waals surface area contributed by atoms with Gasteiger partial charge < -0.3 is 69.0 Å². The van der Waals surface area contributed by atoms with Crippen LogP contribution < -0.4 is 64.2 Å². The molecular weight excluding hydrogens is 1520 g/mol. The zero-order valence-corrected chi connectivity index (χ0v) is 67.8. The molecule has 0 aliphatic carbocycles. The molecule has 0 atom stereocenters. The van der Waals surface area contributed by atoms with Gasteiger partial charge in [-0.2, -0.15) is 0 Å². The molecule has 33 heteroatoms. The number of carbonyl (C=O) groups is 4. The highest BCUT2D eigenvalue weighted by Crippen LogP contribution is 2.39. The van der Waals surface area contributed by atoms with Gasteiger partial charge in [0.2, 0.25) is 23.8 Å². The van der Waals surface area contributed by atoms with Crippen LogP contribution in [0.25, 0.3) is 42.8 Å². The Kier molecular flexibility index (Phi) is 26.2. The van der Waals surface area contributed by atoms with Crippen molar-refractivity contribution in [3.63, 3.8) is 0 Å². The molecule has 13 aromatic rings. The number of primary amides is 4. The number of amides is 4. The third-order valence-electron chi connectivity index (χ3n) is 17.2. The Morgan fingerprint density at radius 2 is 0.711 bits per heavy atom. The number of carbonyl (C=O) groups excluding carboxylic acids is 4. The summed E-state index contributed by atoms with van der Waals surface area (Å²) in [7, 11) is 3.69. The average molecular weight is 1600 g/mol. The first-order valence-corrected chi connectivity index (χ1v) is 39.6. The van der Waals surface area contributed by atoms with Crippen LogP contribution in [0, 0.1) is 55.4 Å². The standard InChI is InChI=1S/C23H22N6OS.C20H22N6O2S.C20H22N6OS.C18H20N6OS/c1-14-10-15(2)12-17(11-14)27-23-25-9-8-18(28-23)21-29-19(20(24)30)22(31-21)26-13-16-6-4-3-5-7-16;1-12-9-13(2)11-14(10-12)23-20-22-4-3-15(24-20)18-25-16(17(21)27)19(29-18)26-5-7-28-8-6-26;1-12-9-13(2)11-14(10-12)23-20-22-6-5-15(24-20)18-25-16(17(21)27)19(28-18)26-7-3-4-8-26;1-10-7-11(2)9-12(8-10)21-18-20-6-5-13(22-18)16-23-14(15(19)25)17(26-16)24(3)4/h3-12,26H,13H2,1-2H3,(H2,24,30)(H,25,27,28);3-4,9-11H,5-8H2,1-2H3,(H2,21,27)(H,22,23,24);5-6,9-11H,3-4,7-8H2,1-2H3,(H2,21,27)(H,22,23,24);5-9H,1-4H3,(H2,19,25)(H,20,21,22). The monoisotopic (exact) mass is 1600 g/mol. The van der Waals surface area contributed by atoms with Gasteiger partial charge in [0.05, 0.1) is 13.2 Å². The zero-order chi connectivity index (χ0) is 80.7. The first-order chi connectivity index (χ1) is 54.8. The first-order valence-electron chi connectivity index (χ1n) is 36.3. The highest BCUT2D eigenvalue weighted by Gasteiger charge is 2.28. The number of rotatable bonds is 22. The highest BCUT2D eigenvalue weighted by atomic mass is 32.1. The number of nitrogens with one attached hydrogen (secondary N) is 5. The summed E-state index contributed by atoms with van der Waals surface area (Å²) in [6.07, 6.45) is 8.91. The van der Waals surface area contributed by atoms with Gasteiger partial charge >= 0.3 is 0 Å². The summed E-state index contributed by atoms with van der Waals surface area (Å²) < 4.78 is 5.40. The summed E-state index contributed by atoms with van der Waals surface area (Å²) in [5.74, 6) is -0.313. The molecule has 584 valence electrons. The summed E-state index contributed by atoms with van der Waals surface area (Å²) in [5.41, 5.74) is 39.8. The second kappa shape index (κ2) is 37.0. The van der Waals surface area contributed by atoms with E-state index in [2.05, 4.69) is 134 Å². The predicted molar refractivity (Wildman–Crippen MR) is 456 cm³/mol. The van der Waals surface area contributed by atoms with E-state index in [1.54, 1.807) is 49.1 Å². The van der Waals surface area contributed by atoms with E-state index in [4.69, 9.17) is 27.7 Å². The van der Waals surface area contributed by atoms with Crippen LogP contribution in [0.3, 0.4) is 0 Å². The molecule has 4 amide bonds. The molecule has 8 aromatic heterocycles. The summed E-state index contributed by atoms with van der Waals surface area (Å²) >= 11 is 5.57. The molecule has 5 aromatic carbocycles. The predicted octanol–water partition coefficient (Wildman–Crippen LogP) is 14.4. The number of anilines is 12. The Morgan fingerprint density at radius 1 is 0.395 bits per heavy atom. The van der Waals surface area contributed by atoms with Gasteiger partial charge in [-0.25, -0.2) is 59.8 Å². The molecule has 0 bridgehead atoms. The minimum Gasteiger partial charge on any atom is -0.378 e. The zero-order valence-electron chi connectivity index (χ0n) is 64.5. The molecule has 0 radical (unpaired) electrons. The largest absolute Gasteiger partial charge is 0.378 e. The maximum absolute atomic E-state index is 11.9. The fraction of sp³-hybridized carbons (Fsp3) is 0.235. The number of thiazole rings is 4. The molecule has 0 saturated carbocycles. The molecule has 29 nitrogen and oxygen atoms in total. The molecule has 2 aliphatic rings. The Labute approximate surface area is 675 Å². The lowest BCUT2D eigenvalue weighted by atomic mass is 10.1. The van der Waals surface area contributed by atoms with Crippen LogP contribution in [0.2, 0.25) is 0 Å². The third-order valence-corrected chi connectivity index (χ3v) is 21.8. The maximum Gasteiger partial charge on any atom is 0.270 e. The average Bonchev–Trinajstić information content (AvgIpc) is 1.66. The van der Waals surface area contributed by atoms with E-state index in [9.17, 15) is 19.2 Å². The van der Waals surface area contributed by atoms with Crippen LogP contribution in [-0.2, 0) is 11.3 Å². The lowest BCUT2D eigenvalue weighted by Gasteiger charge is -2.27.